The average Bonchev–Trinajstić information content (AvgIpc) is 2.83. The second-order valence-electron chi connectivity index (χ2n) is 6.99. The van der Waals surface area contributed by atoms with E-state index >= 15 is 0 Å². The van der Waals surface area contributed by atoms with Crippen LogP contribution in [-0.4, -0.2) is 19.0 Å². The van der Waals surface area contributed by atoms with Gasteiger partial charge in [-0.3, -0.25) is 0 Å². The van der Waals surface area contributed by atoms with Crippen LogP contribution in [0, 0.1) is 11.3 Å². The minimum absolute atomic E-state index is 0.0337. The minimum atomic E-state index is -0.505. The van der Waals surface area contributed by atoms with Crippen molar-refractivity contribution >= 4 is 11.9 Å². The quantitative estimate of drug-likeness (QED) is 0.497. The predicted molar refractivity (Wildman–Crippen MR) is 115 cm³/mol. The molecule has 7 heteroatoms. The van der Waals surface area contributed by atoms with Crippen molar-refractivity contribution in [3.63, 3.8) is 0 Å². The molecule has 7 nitrogen and oxygen atoms in total. The summed E-state index contributed by atoms with van der Waals surface area (Å²) in [5, 5.41) is 9.69. The lowest BCUT2D eigenvalue weighted by Gasteiger charge is -2.26. The molecule has 4 rings (SSSR count). The van der Waals surface area contributed by atoms with Gasteiger partial charge in [-0.1, -0.05) is 36.4 Å². The summed E-state index contributed by atoms with van der Waals surface area (Å²) in [4.78, 5) is 24.1. The molecule has 158 valence electrons. The monoisotopic (exact) mass is 426 g/mol. The fourth-order valence-electron chi connectivity index (χ4n) is 3.51. The van der Waals surface area contributed by atoms with Crippen molar-refractivity contribution in [1.29, 1.82) is 5.26 Å². The first-order chi connectivity index (χ1) is 15.5. The number of benzene rings is 3. The summed E-state index contributed by atoms with van der Waals surface area (Å²) in [6, 6.07) is 22.4. The topological polar surface area (TPSA) is 112 Å². The molecule has 1 unspecified atom stereocenters. The van der Waals surface area contributed by atoms with Gasteiger partial charge in [0, 0.05) is 11.6 Å². The molecule has 3 aromatic carbocycles. The first kappa shape index (κ1) is 20.7. The highest BCUT2D eigenvalue weighted by atomic mass is 16.5. The van der Waals surface area contributed by atoms with Crippen molar-refractivity contribution in [2.24, 2.45) is 5.73 Å². The first-order valence-electron chi connectivity index (χ1n) is 9.69. The van der Waals surface area contributed by atoms with E-state index in [1.54, 1.807) is 66.7 Å². The van der Waals surface area contributed by atoms with E-state index in [1.165, 1.54) is 7.11 Å². The second-order valence-corrected chi connectivity index (χ2v) is 6.99. The molecule has 0 fully saturated rings. The van der Waals surface area contributed by atoms with Crippen LogP contribution < -0.4 is 15.2 Å². The molecule has 1 aliphatic rings. The van der Waals surface area contributed by atoms with Gasteiger partial charge in [-0.25, -0.2) is 9.59 Å². The molecule has 0 saturated heterocycles. The van der Waals surface area contributed by atoms with E-state index < -0.39 is 17.9 Å². The van der Waals surface area contributed by atoms with E-state index in [4.69, 9.17) is 19.9 Å². The number of carbonyl (C=O) groups is 2. The summed E-state index contributed by atoms with van der Waals surface area (Å²) < 4.78 is 15.9. The van der Waals surface area contributed by atoms with Crippen molar-refractivity contribution in [2.45, 2.75) is 5.92 Å². The molecule has 0 saturated carbocycles. The minimum Gasteiger partial charge on any atom is -0.465 e. The Hall–Kier alpha value is -4.57. The number of ether oxygens (including phenoxy) is 3. The van der Waals surface area contributed by atoms with Gasteiger partial charge in [0.1, 0.15) is 23.1 Å². The number of nitriles is 1. The SMILES string of the molecule is COC(=O)c1ccc(C2C(C#N)=C(N)Oc3cc(OC(=O)c4ccccc4)ccc32)cc1. The number of carbonyl (C=O) groups excluding carboxylic acids is 2. The second kappa shape index (κ2) is 8.66. The van der Waals surface area contributed by atoms with Crippen LogP contribution in [0.4, 0.5) is 0 Å². The van der Waals surface area contributed by atoms with E-state index in [1.807, 2.05) is 6.07 Å². The van der Waals surface area contributed by atoms with Crippen LogP contribution in [0.2, 0.25) is 0 Å². The number of esters is 2. The number of hydrogen-bond donors (Lipinski definition) is 1. The maximum Gasteiger partial charge on any atom is 0.343 e. The number of nitrogens with zero attached hydrogens (tertiary/aromatic N) is 1. The summed E-state index contributed by atoms with van der Waals surface area (Å²) in [5.41, 5.74) is 8.51. The molecule has 0 bridgehead atoms. The van der Waals surface area contributed by atoms with Crippen LogP contribution in [-0.2, 0) is 4.74 Å². The Morgan fingerprint density at radius 2 is 1.66 bits per heavy atom. The average molecular weight is 426 g/mol. The number of rotatable bonds is 4. The summed E-state index contributed by atoms with van der Waals surface area (Å²) in [5.74, 6) is -0.836. The molecular weight excluding hydrogens is 408 g/mol. The zero-order chi connectivity index (χ0) is 22.7. The lowest BCUT2D eigenvalue weighted by Crippen LogP contribution is -2.21. The molecular formula is C25H18N2O5. The third-order valence-corrected chi connectivity index (χ3v) is 5.08. The van der Waals surface area contributed by atoms with Crippen LogP contribution in [0.1, 0.15) is 37.8 Å². The van der Waals surface area contributed by atoms with Gasteiger partial charge in [0.25, 0.3) is 0 Å². The van der Waals surface area contributed by atoms with Gasteiger partial charge in [-0.15, -0.1) is 0 Å². The zero-order valence-electron chi connectivity index (χ0n) is 17.1. The fraction of sp³-hybridized carbons (Fsp3) is 0.0800. The maximum atomic E-state index is 12.4. The largest absolute Gasteiger partial charge is 0.465 e. The van der Waals surface area contributed by atoms with E-state index in [0.717, 1.165) is 5.56 Å². The molecule has 1 heterocycles. The Bertz CT molecular complexity index is 1260. The third kappa shape index (κ3) is 3.89. The molecule has 0 aliphatic carbocycles. The first-order valence-corrected chi connectivity index (χ1v) is 9.69. The highest BCUT2D eigenvalue weighted by Gasteiger charge is 2.31. The highest BCUT2D eigenvalue weighted by molar-refractivity contribution is 5.91. The molecule has 0 radical (unpaired) electrons. The standard InChI is InChI=1S/C25H18N2O5/c1-30-24(28)17-9-7-15(8-10-17)22-19-12-11-18(13-21(19)32-23(27)20(22)14-26)31-25(29)16-5-3-2-4-6-16/h2-13,22H,27H2,1H3. The smallest absolute Gasteiger partial charge is 0.343 e. The summed E-state index contributed by atoms with van der Waals surface area (Å²) in [6.45, 7) is 0. The van der Waals surface area contributed by atoms with Crippen molar-refractivity contribution in [1.82, 2.24) is 0 Å². The number of nitrogens with two attached hydrogens (primary N) is 1. The lowest BCUT2D eigenvalue weighted by atomic mass is 9.83. The van der Waals surface area contributed by atoms with Crippen molar-refractivity contribution < 1.29 is 23.8 Å². The van der Waals surface area contributed by atoms with Gasteiger partial charge in [0.05, 0.1) is 24.2 Å². The normalized spacial score (nSPS) is 14.6. The van der Waals surface area contributed by atoms with Gasteiger partial charge in [-0.05, 0) is 35.9 Å². The summed E-state index contributed by atoms with van der Waals surface area (Å²) >= 11 is 0. The molecule has 2 N–H and O–H groups in total. The number of fused-ring (bicyclic) bond motifs is 1. The van der Waals surface area contributed by atoms with E-state index in [-0.39, 0.29) is 17.2 Å². The highest BCUT2D eigenvalue weighted by Crippen LogP contribution is 2.43. The van der Waals surface area contributed by atoms with Crippen molar-refractivity contribution in [3.05, 3.63) is 107 Å². The van der Waals surface area contributed by atoms with Gasteiger partial charge in [-0.2, -0.15) is 5.26 Å². The van der Waals surface area contributed by atoms with Crippen LogP contribution in [0.5, 0.6) is 11.5 Å². The molecule has 3 aromatic rings. The van der Waals surface area contributed by atoms with Crippen LogP contribution >= 0.6 is 0 Å². The number of allylic oxidation sites excluding steroid dienone is 1. The van der Waals surface area contributed by atoms with Gasteiger partial charge in [0.2, 0.25) is 5.88 Å². The number of hydrogen-bond acceptors (Lipinski definition) is 7. The Kier molecular flexibility index (Phi) is 5.60. The summed E-state index contributed by atoms with van der Waals surface area (Å²) in [6.07, 6.45) is 0. The molecule has 0 aromatic heterocycles. The van der Waals surface area contributed by atoms with Crippen LogP contribution in [0.15, 0.2) is 84.3 Å². The van der Waals surface area contributed by atoms with E-state index in [2.05, 4.69) is 6.07 Å². The lowest BCUT2D eigenvalue weighted by molar-refractivity contribution is 0.0600. The van der Waals surface area contributed by atoms with Crippen LogP contribution in [0.3, 0.4) is 0 Å². The molecule has 0 spiro atoms. The molecule has 32 heavy (non-hydrogen) atoms. The van der Waals surface area contributed by atoms with Crippen molar-refractivity contribution in [3.8, 4) is 17.6 Å². The van der Waals surface area contributed by atoms with Gasteiger partial charge < -0.3 is 19.9 Å². The van der Waals surface area contributed by atoms with E-state index in [9.17, 15) is 14.9 Å². The molecule has 1 aliphatic heterocycles. The Balaban J connectivity index is 1.68. The zero-order valence-corrected chi connectivity index (χ0v) is 17.1. The Morgan fingerprint density at radius 3 is 2.31 bits per heavy atom. The van der Waals surface area contributed by atoms with Crippen LogP contribution in [0.25, 0.3) is 0 Å². The molecule has 1 atom stereocenters. The Labute approximate surface area is 184 Å². The summed E-state index contributed by atoms with van der Waals surface area (Å²) in [7, 11) is 1.31. The van der Waals surface area contributed by atoms with Gasteiger partial charge >= 0.3 is 11.9 Å². The van der Waals surface area contributed by atoms with E-state index in [0.29, 0.717) is 22.4 Å². The predicted octanol–water partition coefficient (Wildman–Crippen LogP) is 3.91. The van der Waals surface area contributed by atoms with Crippen molar-refractivity contribution in [2.75, 3.05) is 7.11 Å². The number of methoxy groups -OCH3 is 1. The Morgan fingerprint density at radius 1 is 0.969 bits per heavy atom. The molecule has 0 amide bonds. The fourth-order valence-corrected chi connectivity index (χ4v) is 3.51. The van der Waals surface area contributed by atoms with Gasteiger partial charge in [0.15, 0.2) is 0 Å². The maximum absolute atomic E-state index is 12.4. The third-order valence-electron chi connectivity index (χ3n) is 5.08.